The van der Waals surface area contributed by atoms with Crippen molar-refractivity contribution in [3.63, 3.8) is 0 Å². The van der Waals surface area contributed by atoms with E-state index in [0.29, 0.717) is 6.61 Å². The molecule has 0 unspecified atom stereocenters. The van der Waals surface area contributed by atoms with Crippen molar-refractivity contribution < 1.29 is 10.1 Å². The van der Waals surface area contributed by atoms with Gasteiger partial charge in [0.15, 0.2) is 0 Å². The number of terminal acetylenes is 1. The van der Waals surface area contributed by atoms with Crippen LogP contribution in [0.1, 0.15) is 32.1 Å². The smallest absolute Gasteiger partial charge is 0.0819 e. The van der Waals surface area contributed by atoms with Crippen molar-refractivity contribution in [1.82, 2.24) is 0 Å². The molecule has 58 valence electrons. The summed E-state index contributed by atoms with van der Waals surface area (Å²) < 4.78 is 0. The van der Waals surface area contributed by atoms with Crippen LogP contribution in [0.2, 0.25) is 0 Å². The second kappa shape index (κ2) is 8.48. The van der Waals surface area contributed by atoms with Gasteiger partial charge in [-0.2, -0.15) is 0 Å². The van der Waals surface area contributed by atoms with Crippen molar-refractivity contribution in [1.29, 1.82) is 0 Å². The second-order valence-corrected chi connectivity index (χ2v) is 2.20. The van der Waals surface area contributed by atoms with Crippen LogP contribution in [0, 0.1) is 12.3 Å². The van der Waals surface area contributed by atoms with Crippen LogP contribution in [0.15, 0.2) is 0 Å². The third-order valence-corrected chi connectivity index (χ3v) is 1.31. The summed E-state index contributed by atoms with van der Waals surface area (Å²) in [4.78, 5) is 3.91. The molecule has 10 heavy (non-hydrogen) atoms. The molecule has 0 radical (unpaired) electrons. The van der Waals surface area contributed by atoms with Gasteiger partial charge in [0.05, 0.1) is 6.61 Å². The summed E-state index contributed by atoms with van der Waals surface area (Å²) in [6, 6.07) is 0. The SMILES string of the molecule is C#CCCCCCCOO. The van der Waals surface area contributed by atoms with Gasteiger partial charge in [-0.25, -0.2) is 4.89 Å². The van der Waals surface area contributed by atoms with E-state index in [9.17, 15) is 0 Å². The predicted octanol–water partition coefficient (Wildman–Crippen LogP) is 2.06. The maximum absolute atomic E-state index is 7.94. The average molecular weight is 142 g/mol. The molecule has 0 atom stereocenters. The maximum atomic E-state index is 7.94. The van der Waals surface area contributed by atoms with E-state index < -0.39 is 0 Å². The molecule has 0 aliphatic heterocycles. The summed E-state index contributed by atoms with van der Waals surface area (Å²) in [5, 5.41) is 7.94. The molecule has 0 aromatic rings. The van der Waals surface area contributed by atoms with Crippen molar-refractivity contribution in [2.24, 2.45) is 0 Å². The lowest BCUT2D eigenvalue weighted by atomic mass is 10.1. The van der Waals surface area contributed by atoms with E-state index in [2.05, 4.69) is 10.8 Å². The van der Waals surface area contributed by atoms with Gasteiger partial charge >= 0.3 is 0 Å². The van der Waals surface area contributed by atoms with Crippen LogP contribution in [-0.2, 0) is 4.89 Å². The molecule has 0 saturated heterocycles. The highest BCUT2D eigenvalue weighted by atomic mass is 17.1. The van der Waals surface area contributed by atoms with Gasteiger partial charge in [0, 0.05) is 6.42 Å². The van der Waals surface area contributed by atoms with E-state index in [0.717, 1.165) is 32.1 Å². The Morgan fingerprint density at radius 1 is 1.20 bits per heavy atom. The first kappa shape index (κ1) is 9.48. The minimum atomic E-state index is 0.441. The summed E-state index contributed by atoms with van der Waals surface area (Å²) in [6.07, 6.45) is 10.1. The van der Waals surface area contributed by atoms with Crippen LogP contribution in [0.5, 0.6) is 0 Å². The molecule has 0 aliphatic rings. The summed E-state index contributed by atoms with van der Waals surface area (Å²) >= 11 is 0. The standard InChI is InChI=1S/C8H14O2/c1-2-3-4-5-6-7-8-10-9/h1,9H,3-8H2. The van der Waals surface area contributed by atoms with Gasteiger partial charge in [-0.1, -0.05) is 12.8 Å². The number of rotatable bonds is 6. The number of unbranched alkanes of at least 4 members (excludes halogenated alkanes) is 4. The summed E-state index contributed by atoms with van der Waals surface area (Å²) in [5.74, 6) is 2.58. The maximum Gasteiger partial charge on any atom is 0.0819 e. The predicted molar refractivity (Wildman–Crippen MR) is 40.5 cm³/mol. The van der Waals surface area contributed by atoms with Gasteiger partial charge in [0.25, 0.3) is 0 Å². The fourth-order valence-electron chi connectivity index (χ4n) is 0.747. The Morgan fingerprint density at radius 2 is 1.90 bits per heavy atom. The van der Waals surface area contributed by atoms with E-state index in [1.54, 1.807) is 0 Å². The monoisotopic (exact) mass is 142 g/mol. The topological polar surface area (TPSA) is 29.5 Å². The molecule has 0 bridgehead atoms. The molecule has 0 aliphatic carbocycles. The van der Waals surface area contributed by atoms with Crippen LogP contribution in [0.4, 0.5) is 0 Å². The largest absolute Gasteiger partial charge is 0.252 e. The molecular formula is C8H14O2. The zero-order chi connectivity index (χ0) is 7.66. The molecule has 1 N–H and O–H groups in total. The molecule has 0 amide bonds. The Bertz CT molecular complexity index is 93.9. The quantitative estimate of drug-likeness (QED) is 0.266. The first-order valence-electron chi connectivity index (χ1n) is 3.61. The highest BCUT2D eigenvalue weighted by Crippen LogP contribution is 2.01. The van der Waals surface area contributed by atoms with Gasteiger partial charge in [0.2, 0.25) is 0 Å². The summed E-state index contributed by atoms with van der Waals surface area (Å²) in [5.41, 5.74) is 0. The van der Waals surface area contributed by atoms with E-state index in [-0.39, 0.29) is 0 Å². The molecule has 0 rings (SSSR count). The van der Waals surface area contributed by atoms with Crippen molar-refractivity contribution in [2.75, 3.05) is 6.61 Å². The lowest BCUT2D eigenvalue weighted by Crippen LogP contribution is -1.88. The number of hydrogen-bond donors (Lipinski definition) is 1. The van der Waals surface area contributed by atoms with E-state index in [4.69, 9.17) is 11.7 Å². The van der Waals surface area contributed by atoms with Gasteiger partial charge in [-0.05, 0) is 12.8 Å². The molecule has 2 nitrogen and oxygen atoms in total. The van der Waals surface area contributed by atoms with Crippen molar-refractivity contribution in [2.45, 2.75) is 32.1 Å². The van der Waals surface area contributed by atoms with Crippen molar-refractivity contribution in [3.8, 4) is 12.3 Å². The Hall–Kier alpha value is -0.520. The Kier molecular flexibility index (Phi) is 8.04. The highest BCUT2D eigenvalue weighted by Gasteiger charge is 1.87. The minimum Gasteiger partial charge on any atom is -0.252 e. The van der Waals surface area contributed by atoms with E-state index in [1.165, 1.54) is 0 Å². The Labute approximate surface area is 62.1 Å². The summed E-state index contributed by atoms with van der Waals surface area (Å²) in [6.45, 7) is 0.441. The fraction of sp³-hybridized carbons (Fsp3) is 0.750. The molecule has 0 fully saturated rings. The molecule has 0 spiro atoms. The van der Waals surface area contributed by atoms with Crippen LogP contribution in [0.25, 0.3) is 0 Å². The van der Waals surface area contributed by atoms with Gasteiger partial charge in [-0.3, -0.25) is 5.26 Å². The molecular weight excluding hydrogens is 128 g/mol. The average Bonchev–Trinajstić information content (AvgIpc) is 1.97. The van der Waals surface area contributed by atoms with Crippen LogP contribution in [-0.4, -0.2) is 11.9 Å². The zero-order valence-electron chi connectivity index (χ0n) is 6.18. The second-order valence-electron chi connectivity index (χ2n) is 2.20. The molecule has 0 aromatic heterocycles. The lowest BCUT2D eigenvalue weighted by molar-refractivity contribution is -0.242. The van der Waals surface area contributed by atoms with E-state index >= 15 is 0 Å². The first-order valence-corrected chi connectivity index (χ1v) is 3.61. The third kappa shape index (κ3) is 7.48. The molecule has 2 heteroatoms. The fourth-order valence-corrected chi connectivity index (χ4v) is 0.747. The van der Waals surface area contributed by atoms with Crippen molar-refractivity contribution in [3.05, 3.63) is 0 Å². The number of hydrogen-bond acceptors (Lipinski definition) is 2. The van der Waals surface area contributed by atoms with Crippen molar-refractivity contribution >= 4 is 0 Å². The van der Waals surface area contributed by atoms with Crippen LogP contribution >= 0.6 is 0 Å². The lowest BCUT2D eigenvalue weighted by Gasteiger charge is -1.95. The van der Waals surface area contributed by atoms with Gasteiger partial charge < -0.3 is 0 Å². The normalized spacial score (nSPS) is 9.20. The summed E-state index contributed by atoms with van der Waals surface area (Å²) in [7, 11) is 0. The highest BCUT2D eigenvalue weighted by molar-refractivity contribution is 4.82. The molecule has 0 saturated carbocycles. The van der Waals surface area contributed by atoms with Gasteiger partial charge in [0.1, 0.15) is 0 Å². The minimum absolute atomic E-state index is 0.441. The first-order chi connectivity index (χ1) is 4.91. The zero-order valence-corrected chi connectivity index (χ0v) is 6.18. The third-order valence-electron chi connectivity index (χ3n) is 1.31. The van der Waals surface area contributed by atoms with Crippen LogP contribution < -0.4 is 0 Å². The van der Waals surface area contributed by atoms with Crippen LogP contribution in [0.3, 0.4) is 0 Å². The Balaban J connectivity index is 2.72. The molecule has 0 heterocycles. The Morgan fingerprint density at radius 3 is 2.50 bits per heavy atom. The van der Waals surface area contributed by atoms with E-state index in [1.807, 2.05) is 0 Å². The van der Waals surface area contributed by atoms with Gasteiger partial charge in [-0.15, -0.1) is 12.3 Å². The molecule has 0 aromatic carbocycles.